The van der Waals surface area contributed by atoms with Gasteiger partial charge in [0.05, 0.1) is 24.6 Å². The van der Waals surface area contributed by atoms with Gasteiger partial charge in [-0.2, -0.15) is 5.10 Å². The molecule has 2 N–H and O–H groups in total. The van der Waals surface area contributed by atoms with Crippen LogP contribution >= 0.6 is 11.9 Å². The van der Waals surface area contributed by atoms with Crippen LogP contribution in [0.2, 0.25) is 0 Å². The Morgan fingerprint density at radius 3 is 2.38 bits per heavy atom. The maximum atomic E-state index is 11.9. The Hall–Kier alpha value is -1.48. The zero-order valence-corrected chi connectivity index (χ0v) is 15.8. The van der Waals surface area contributed by atoms with Gasteiger partial charge in [-0.25, -0.2) is 12.9 Å². The van der Waals surface area contributed by atoms with Gasteiger partial charge in [0.25, 0.3) is 0 Å². The molecular formula is C18H24F2N4OS. The summed E-state index contributed by atoms with van der Waals surface area (Å²) in [7, 11) is 0. The van der Waals surface area contributed by atoms with Crippen LogP contribution < -0.4 is 5.73 Å². The van der Waals surface area contributed by atoms with Crippen molar-refractivity contribution in [2.75, 3.05) is 19.5 Å². The van der Waals surface area contributed by atoms with E-state index in [0.29, 0.717) is 12.6 Å². The molecule has 2 aromatic rings. The highest BCUT2D eigenvalue weighted by molar-refractivity contribution is 7.97. The number of hydrogen-bond acceptors (Lipinski definition) is 5. The van der Waals surface area contributed by atoms with Crippen LogP contribution in [0.1, 0.15) is 23.4 Å². The molecule has 2 atom stereocenters. The van der Waals surface area contributed by atoms with Gasteiger partial charge in [-0.15, -0.1) is 0 Å². The fourth-order valence-electron chi connectivity index (χ4n) is 3.33. The van der Waals surface area contributed by atoms with Crippen LogP contribution in [0.3, 0.4) is 0 Å². The molecule has 0 bridgehead atoms. The lowest BCUT2D eigenvalue weighted by Gasteiger charge is -2.33. The molecule has 5 nitrogen and oxygen atoms in total. The molecule has 0 radical (unpaired) electrons. The van der Waals surface area contributed by atoms with Crippen LogP contribution in [0.5, 0.6) is 0 Å². The number of benzene rings is 1. The van der Waals surface area contributed by atoms with Gasteiger partial charge < -0.3 is 10.5 Å². The number of aromatic nitrogens is 2. The average molecular weight is 382 g/mol. The summed E-state index contributed by atoms with van der Waals surface area (Å²) in [5, 5.41) is 4.54. The van der Waals surface area contributed by atoms with Gasteiger partial charge in [-0.1, -0.05) is 0 Å². The molecule has 0 amide bonds. The molecule has 1 aromatic heterocycles. The fourth-order valence-corrected chi connectivity index (χ4v) is 3.92. The van der Waals surface area contributed by atoms with E-state index in [1.165, 1.54) is 11.3 Å². The molecule has 26 heavy (non-hydrogen) atoms. The standard InChI is InChI=1S/C12H20N4OS.C6H4F2/c1-8-11-4-15(5-12(11)16(14-8)18-2)10-3-9(13)6-17-7-10;7-5-1-2-6(8)4-3-5/h9-10H,3-7,13H2,1-2H3;1-4H. The third-order valence-electron chi connectivity index (χ3n) is 4.68. The Morgan fingerprint density at radius 2 is 1.81 bits per heavy atom. The molecule has 2 unspecified atom stereocenters. The molecule has 2 aliphatic rings. The first-order valence-electron chi connectivity index (χ1n) is 8.58. The molecule has 142 valence electrons. The van der Waals surface area contributed by atoms with E-state index < -0.39 is 11.6 Å². The summed E-state index contributed by atoms with van der Waals surface area (Å²) >= 11 is 1.67. The molecule has 2 aliphatic heterocycles. The van der Waals surface area contributed by atoms with Gasteiger partial charge in [0.2, 0.25) is 0 Å². The summed E-state index contributed by atoms with van der Waals surface area (Å²) in [6, 6.07) is 4.96. The van der Waals surface area contributed by atoms with E-state index in [4.69, 9.17) is 10.5 Å². The smallest absolute Gasteiger partial charge is 0.123 e. The van der Waals surface area contributed by atoms with E-state index >= 15 is 0 Å². The first-order chi connectivity index (χ1) is 12.5. The molecule has 0 aliphatic carbocycles. The Bertz CT molecular complexity index is 717. The van der Waals surface area contributed by atoms with Crippen LogP contribution in [-0.2, 0) is 17.8 Å². The number of nitrogens with two attached hydrogens (primary N) is 1. The Balaban J connectivity index is 0.000000206. The number of hydrogen-bond donors (Lipinski definition) is 1. The van der Waals surface area contributed by atoms with Crippen LogP contribution in [0, 0.1) is 18.6 Å². The average Bonchev–Trinajstić information content (AvgIpc) is 3.19. The van der Waals surface area contributed by atoms with Crippen molar-refractivity contribution < 1.29 is 13.5 Å². The van der Waals surface area contributed by atoms with Gasteiger partial charge in [-0.3, -0.25) is 4.90 Å². The normalized spacial score (nSPS) is 22.7. The summed E-state index contributed by atoms with van der Waals surface area (Å²) < 4.78 is 31.5. The van der Waals surface area contributed by atoms with E-state index in [9.17, 15) is 8.78 Å². The van der Waals surface area contributed by atoms with Crippen molar-refractivity contribution in [2.45, 2.75) is 38.5 Å². The highest BCUT2D eigenvalue weighted by Gasteiger charge is 2.33. The number of aryl methyl sites for hydroxylation is 1. The summed E-state index contributed by atoms with van der Waals surface area (Å²) in [5.41, 5.74) is 9.88. The second-order valence-corrected chi connectivity index (χ2v) is 7.31. The highest BCUT2D eigenvalue weighted by Crippen LogP contribution is 2.30. The minimum Gasteiger partial charge on any atom is -0.378 e. The molecule has 1 saturated heterocycles. The molecule has 4 rings (SSSR count). The lowest BCUT2D eigenvalue weighted by atomic mass is 10.1. The maximum Gasteiger partial charge on any atom is 0.123 e. The monoisotopic (exact) mass is 382 g/mol. The van der Waals surface area contributed by atoms with Gasteiger partial charge >= 0.3 is 0 Å². The second-order valence-electron chi connectivity index (χ2n) is 6.59. The summed E-state index contributed by atoms with van der Waals surface area (Å²) in [6.07, 6.45) is 3.10. The summed E-state index contributed by atoms with van der Waals surface area (Å²) in [6.45, 7) is 5.57. The Morgan fingerprint density at radius 1 is 1.15 bits per heavy atom. The number of halogens is 2. The Labute approximate surface area is 156 Å². The van der Waals surface area contributed by atoms with E-state index in [1.807, 2.05) is 4.09 Å². The van der Waals surface area contributed by atoms with Gasteiger partial charge in [0, 0.05) is 37.0 Å². The van der Waals surface area contributed by atoms with E-state index in [2.05, 4.69) is 23.2 Å². The predicted octanol–water partition coefficient (Wildman–Crippen LogP) is 2.71. The SMILES string of the molecule is CSn1nc(C)c2c1CN(C1COCC(N)C1)C2.Fc1ccc(F)cc1. The van der Waals surface area contributed by atoms with Crippen LogP contribution in [0.15, 0.2) is 24.3 Å². The molecular weight excluding hydrogens is 358 g/mol. The molecule has 8 heteroatoms. The third-order valence-corrected chi connectivity index (χ3v) is 5.33. The van der Waals surface area contributed by atoms with Crippen molar-refractivity contribution in [1.82, 2.24) is 14.1 Å². The predicted molar refractivity (Wildman–Crippen MR) is 98.7 cm³/mol. The summed E-state index contributed by atoms with van der Waals surface area (Å²) in [4.78, 5) is 2.48. The van der Waals surface area contributed by atoms with Crippen LogP contribution in [-0.4, -0.2) is 45.6 Å². The van der Waals surface area contributed by atoms with Crippen molar-refractivity contribution in [3.63, 3.8) is 0 Å². The first kappa shape index (κ1) is 19.3. The lowest BCUT2D eigenvalue weighted by Crippen LogP contribution is -2.46. The van der Waals surface area contributed by atoms with Crippen molar-refractivity contribution in [3.05, 3.63) is 52.9 Å². The lowest BCUT2D eigenvalue weighted by molar-refractivity contribution is 0.00499. The van der Waals surface area contributed by atoms with E-state index in [-0.39, 0.29) is 6.04 Å². The van der Waals surface area contributed by atoms with Gasteiger partial charge in [0.15, 0.2) is 0 Å². The zero-order valence-electron chi connectivity index (χ0n) is 15.0. The third kappa shape index (κ3) is 4.43. The van der Waals surface area contributed by atoms with Crippen molar-refractivity contribution >= 4 is 11.9 Å². The first-order valence-corrected chi connectivity index (χ1v) is 9.76. The second kappa shape index (κ2) is 8.47. The maximum absolute atomic E-state index is 11.9. The zero-order chi connectivity index (χ0) is 18.7. The largest absolute Gasteiger partial charge is 0.378 e. The summed E-state index contributed by atoms with van der Waals surface area (Å²) in [5.74, 6) is -0.821. The molecule has 3 heterocycles. The van der Waals surface area contributed by atoms with E-state index in [0.717, 1.165) is 56.1 Å². The van der Waals surface area contributed by atoms with Gasteiger partial charge in [-0.05, 0) is 49.6 Å². The minimum absolute atomic E-state index is 0.186. The number of fused-ring (bicyclic) bond motifs is 1. The number of nitrogens with zero attached hydrogens (tertiary/aromatic N) is 3. The molecule has 1 aromatic carbocycles. The molecule has 1 fully saturated rings. The van der Waals surface area contributed by atoms with E-state index in [1.54, 1.807) is 11.9 Å². The topological polar surface area (TPSA) is 56.3 Å². The number of rotatable bonds is 2. The quantitative estimate of drug-likeness (QED) is 0.866. The van der Waals surface area contributed by atoms with Crippen molar-refractivity contribution in [3.8, 4) is 0 Å². The van der Waals surface area contributed by atoms with Crippen molar-refractivity contribution in [2.24, 2.45) is 5.73 Å². The van der Waals surface area contributed by atoms with Gasteiger partial charge in [0.1, 0.15) is 11.6 Å². The minimum atomic E-state index is -0.411. The molecule has 0 spiro atoms. The highest BCUT2D eigenvalue weighted by atomic mass is 32.2. The van der Waals surface area contributed by atoms with Crippen LogP contribution in [0.25, 0.3) is 0 Å². The van der Waals surface area contributed by atoms with Crippen molar-refractivity contribution in [1.29, 1.82) is 0 Å². The number of ether oxygens (including phenoxy) is 1. The fraction of sp³-hybridized carbons (Fsp3) is 0.500. The van der Waals surface area contributed by atoms with Crippen LogP contribution in [0.4, 0.5) is 8.78 Å². The Kier molecular flexibility index (Phi) is 6.29. The molecule has 0 saturated carbocycles.